The Labute approximate surface area is 126 Å². The van der Waals surface area contributed by atoms with Crippen molar-refractivity contribution in [1.82, 2.24) is 4.98 Å². The van der Waals surface area contributed by atoms with Crippen LogP contribution in [0.2, 0.25) is 5.02 Å². The first kappa shape index (κ1) is 13.7. The maximum atomic E-state index is 13.8. The Morgan fingerprint density at radius 3 is 2.71 bits per heavy atom. The van der Waals surface area contributed by atoms with Crippen LogP contribution in [0.3, 0.4) is 0 Å². The molecule has 3 aromatic rings. The zero-order valence-corrected chi connectivity index (χ0v) is 11.8. The lowest BCUT2D eigenvalue weighted by Crippen LogP contribution is -2.07. The predicted octanol–water partition coefficient (Wildman–Crippen LogP) is 4.45. The van der Waals surface area contributed by atoms with Crippen LogP contribution in [0.25, 0.3) is 10.9 Å². The molecular formula is C17H11ClFNO. The number of para-hydroxylation sites is 1. The van der Waals surface area contributed by atoms with Crippen molar-refractivity contribution in [2.45, 2.75) is 6.42 Å². The fourth-order valence-electron chi connectivity index (χ4n) is 2.33. The lowest BCUT2D eigenvalue weighted by molar-refractivity contribution is 0.0989. The molecule has 0 fully saturated rings. The first-order chi connectivity index (χ1) is 10.2. The Morgan fingerprint density at radius 2 is 1.90 bits per heavy atom. The number of aromatic nitrogens is 1. The highest BCUT2D eigenvalue weighted by molar-refractivity contribution is 6.34. The van der Waals surface area contributed by atoms with Crippen LogP contribution in [0.1, 0.15) is 15.9 Å². The van der Waals surface area contributed by atoms with E-state index in [2.05, 4.69) is 4.98 Å². The molecule has 0 amide bonds. The Kier molecular flexibility index (Phi) is 3.67. The van der Waals surface area contributed by atoms with Crippen LogP contribution in [-0.4, -0.2) is 10.8 Å². The number of fused-ring (bicyclic) bond motifs is 1. The molecule has 0 saturated heterocycles. The molecule has 21 heavy (non-hydrogen) atoms. The van der Waals surface area contributed by atoms with Crippen molar-refractivity contribution in [3.05, 3.63) is 76.7 Å². The zero-order valence-electron chi connectivity index (χ0n) is 11.0. The molecule has 0 saturated carbocycles. The van der Waals surface area contributed by atoms with E-state index in [4.69, 9.17) is 11.6 Å². The highest BCUT2D eigenvalue weighted by Gasteiger charge is 2.17. The Hall–Kier alpha value is -2.26. The topological polar surface area (TPSA) is 30.0 Å². The number of carbonyl (C=O) groups is 1. The van der Waals surface area contributed by atoms with E-state index in [-0.39, 0.29) is 22.8 Å². The monoisotopic (exact) mass is 299 g/mol. The predicted molar refractivity (Wildman–Crippen MR) is 81.2 cm³/mol. The molecule has 4 heteroatoms. The van der Waals surface area contributed by atoms with Crippen molar-refractivity contribution >= 4 is 28.3 Å². The number of halogens is 2. The summed E-state index contributed by atoms with van der Waals surface area (Å²) in [7, 11) is 0. The molecular weight excluding hydrogens is 289 g/mol. The molecule has 2 nitrogen and oxygen atoms in total. The summed E-state index contributed by atoms with van der Waals surface area (Å²) in [5.41, 5.74) is 1.56. The average Bonchev–Trinajstić information content (AvgIpc) is 2.47. The molecule has 0 aliphatic rings. The van der Waals surface area contributed by atoms with E-state index in [0.29, 0.717) is 0 Å². The summed E-state index contributed by atoms with van der Waals surface area (Å²) in [5, 5.41) is 1.03. The third-order valence-electron chi connectivity index (χ3n) is 3.33. The number of rotatable bonds is 3. The van der Waals surface area contributed by atoms with E-state index in [0.717, 1.165) is 16.5 Å². The van der Waals surface area contributed by atoms with Gasteiger partial charge in [-0.05, 0) is 29.8 Å². The maximum absolute atomic E-state index is 13.8. The number of benzene rings is 2. The van der Waals surface area contributed by atoms with Crippen molar-refractivity contribution in [2.24, 2.45) is 0 Å². The molecule has 0 aliphatic carbocycles. The highest BCUT2D eigenvalue weighted by Crippen LogP contribution is 2.23. The number of nitrogens with zero attached hydrogens (tertiary/aromatic N) is 1. The summed E-state index contributed by atoms with van der Waals surface area (Å²) in [4.78, 5) is 16.6. The lowest BCUT2D eigenvalue weighted by Gasteiger charge is -2.07. The van der Waals surface area contributed by atoms with E-state index in [1.54, 1.807) is 12.3 Å². The van der Waals surface area contributed by atoms with Crippen LogP contribution in [0.5, 0.6) is 0 Å². The summed E-state index contributed by atoms with van der Waals surface area (Å²) in [6.07, 6.45) is 1.73. The quantitative estimate of drug-likeness (QED) is 0.669. The molecule has 0 bridgehead atoms. The van der Waals surface area contributed by atoms with Crippen molar-refractivity contribution in [3.63, 3.8) is 0 Å². The summed E-state index contributed by atoms with van der Waals surface area (Å²) in [5.74, 6) is -0.930. The van der Waals surface area contributed by atoms with Gasteiger partial charge in [0.15, 0.2) is 5.78 Å². The van der Waals surface area contributed by atoms with Crippen LogP contribution in [0.15, 0.2) is 54.7 Å². The molecule has 0 unspecified atom stereocenters. The minimum Gasteiger partial charge on any atom is -0.294 e. The first-order valence-electron chi connectivity index (χ1n) is 6.46. The molecule has 0 atom stereocenters. The van der Waals surface area contributed by atoms with Gasteiger partial charge in [0.1, 0.15) is 5.82 Å². The second-order valence-electron chi connectivity index (χ2n) is 4.68. The standard InChI is InChI=1S/C17H11ClFNO/c18-13-5-3-6-14(19)17(13)16(21)10-11-8-9-20-15-7-2-1-4-12(11)15/h1-9H,10H2. The van der Waals surface area contributed by atoms with E-state index in [9.17, 15) is 9.18 Å². The lowest BCUT2D eigenvalue weighted by atomic mass is 10.00. The van der Waals surface area contributed by atoms with Crippen LogP contribution in [-0.2, 0) is 6.42 Å². The molecule has 0 N–H and O–H groups in total. The van der Waals surface area contributed by atoms with Crippen molar-refractivity contribution in [1.29, 1.82) is 0 Å². The SMILES string of the molecule is O=C(Cc1ccnc2ccccc12)c1c(F)cccc1Cl. The molecule has 0 aliphatic heterocycles. The summed E-state index contributed by atoms with van der Waals surface area (Å²) in [6.45, 7) is 0. The second-order valence-corrected chi connectivity index (χ2v) is 5.09. The van der Waals surface area contributed by atoms with Gasteiger partial charge in [0.25, 0.3) is 0 Å². The van der Waals surface area contributed by atoms with E-state index in [1.165, 1.54) is 18.2 Å². The van der Waals surface area contributed by atoms with Gasteiger partial charge < -0.3 is 0 Å². The largest absolute Gasteiger partial charge is 0.294 e. The van der Waals surface area contributed by atoms with Gasteiger partial charge in [-0.3, -0.25) is 9.78 Å². The van der Waals surface area contributed by atoms with E-state index in [1.807, 2.05) is 24.3 Å². The van der Waals surface area contributed by atoms with Crippen molar-refractivity contribution < 1.29 is 9.18 Å². The minimum atomic E-state index is -0.592. The van der Waals surface area contributed by atoms with Crippen LogP contribution in [0, 0.1) is 5.82 Å². The van der Waals surface area contributed by atoms with Gasteiger partial charge in [-0.15, -0.1) is 0 Å². The number of Topliss-reactive ketones (excluding diaryl/α,β-unsaturated/α-hetero) is 1. The van der Waals surface area contributed by atoms with Crippen molar-refractivity contribution in [3.8, 4) is 0 Å². The van der Waals surface area contributed by atoms with E-state index < -0.39 is 5.82 Å². The number of ketones is 1. The Balaban J connectivity index is 2.01. The van der Waals surface area contributed by atoms with Gasteiger partial charge in [0.05, 0.1) is 16.1 Å². The molecule has 3 rings (SSSR count). The number of pyridine rings is 1. The molecule has 2 aromatic carbocycles. The summed E-state index contributed by atoms with van der Waals surface area (Å²) >= 11 is 5.94. The number of hydrogen-bond acceptors (Lipinski definition) is 2. The Morgan fingerprint density at radius 1 is 1.10 bits per heavy atom. The average molecular weight is 300 g/mol. The second kappa shape index (κ2) is 5.62. The van der Waals surface area contributed by atoms with Gasteiger partial charge in [-0.25, -0.2) is 4.39 Å². The molecule has 0 radical (unpaired) electrons. The highest BCUT2D eigenvalue weighted by atomic mass is 35.5. The van der Waals surface area contributed by atoms with E-state index >= 15 is 0 Å². The summed E-state index contributed by atoms with van der Waals surface area (Å²) < 4.78 is 13.8. The Bertz CT molecular complexity index is 806. The number of hydrogen-bond donors (Lipinski definition) is 0. The van der Waals surface area contributed by atoms with Crippen LogP contribution >= 0.6 is 11.6 Å². The van der Waals surface area contributed by atoms with Gasteiger partial charge in [-0.1, -0.05) is 35.9 Å². The first-order valence-corrected chi connectivity index (χ1v) is 6.84. The maximum Gasteiger partial charge on any atom is 0.171 e. The number of carbonyl (C=O) groups excluding carboxylic acids is 1. The zero-order chi connectivity index (χ0) is 14.8. The minimum absolute atomic E-state index is 0.0555. The van der Waals surface area contributed by atoms with Crippen LogP contribution in [0.4, 0.5) is 4.39 Å². The summed E-state index contributed by atoms with van der Waals surface area (Å²) in [6, 6.07) is 13.5. The third kappa shape index (κ3) is 2.65. The van der Waals surface area contributed by atoms with Gasteiger partial charge in [-0.2, -0.15) is 0 Å². The normalized spacial score (nSPS) is 10.8. The smallest absolute Gasteiger partial charge is 0.171 e. The fraction of sp³-hybridized carbons (Fsp3) is 0.0588. The van der Waals surface area contributed by atoms with Crippen LogP contribution < -0.4 is 0 Å². The third-order valence-corrected chi connectivity index (χ3v) is 3.65. The van der Waals surface area contributed by atoms with Gasteiger partial charge in [0, 0.05) is 18.0 Å². The molecule has 104 valence electrons. The molecule has 0 spiro atoms. The fourth-order valence-corrected chi connectivity index (χ4v) is 2.60. The van der Waals surface area contributed by atoms with Gasteiger partial charge >= 0.3 is 0 Å². The van der Waals surface area contributed by atoms with Crippen molar-refractivity contribution in [2.75, 3.05) is 0 Å². The molecule has 1 aromatic heterocycles. The van der Waals surface area contributed by atoms with Gasteiger partial charge in [0.2, 0.25) is 0 Å². The molecule has 1 heterocycles.